The highest BCUT2D eigenvalue weighted by Gasteiger charge is 2.27. The van der Waals surface area contributed by atoms with Crippen molar-refractivity contribution in [2.45, 2.75) is 13.0 Å². The summed E-state index contributed by atoms with van der Waals surface area (Å²) in [4.78, 5) is 11.8. The molecule has 1 aliphatic rings. The van der Waals surface area contributed by atoms with Crippen molar-refractivity contribution in [3.05, 3.63) is 23.8 Å². The van der Waals surface area contributed by atoms with E-state index in [4.69, 9.17) is 9.47 Å². The molecule has 1 fully saturated rings. The molecule has 1 aliphatic heterocycles. The van der Waals surface area contributed by atoms with Gasteiger partial charge in [0.15, 0.2) is 9.84 Å². The molecule has 0 aliphatic carbocycles. The number of carbonyl (C=O) groups excluding carboxylic acids is 1. The third kappa shape index (κ3) is 5.02. The van der Waals surface area contributed by atoms with E-state index in [0.717, 1.165) is 5.56 Å². The molecular weight excluding hydrogens is 320 g/mol. The van der Waals surface area contributed by atoms with Crippen LogP contribution in [0.4, 0.5) is 4.79 Å². The first-order chi connectivity index (χ1) is 10.9. The SMILES string of the molecule is COc1ccc(OC)c(CNC(=O)NC[C@@H]2CCS(=O)(=O)C2)c1. The summed E-state index contributed by atoms with van der Waals surface area (Å²) in [6.07, 6.45) is 0.603. The van der Waals surface area contributed by atoms with Gasteiger partial charge in [0.1, 0.15) is 11.5 Å². The maximum atomic E-state index is 11.8. The molecule has 2 N–H and O–H groups in total. The summed E-state index contributed by atoms with van der Waals surface area (Å²) in [5, 5.41) is 5.45. The molecule has 0 radical (unpaired) electrons. The fourth-order valence-corrected chi connectivity index (χ4v) is 4.39. The molecule has 1 aromatic rings. The maximum absolute atomic E-state index is 11.8. The van der Waals surface area contributed by atoms with E-state index in [9.17, 15) is 13.2 Å². The zero-order chi connectivity index (χ0) is 16.9. The Morgan fingerprint density at radius 2 is 2.04 bits per heavy atom. The van der Waals surface area contributed by atoms with Crippen molar-refractivity contribution >= 4 is 15.9 Å². The van der Waals surface area contributed by atoms with E-state index in [1.807, 2.05) is 0 Å². The zero-order valence-corrected chi connectivity index (χ0v) is 14.1. The van der Waals surface area contributed by atoms with Gasteiger partial charge in [0.25, 0.3) is 0 Å². The summed E-state index contributed by atoms with van der Waals surface area (Å²) in [5.41, 5.74) is 0.797. The topological polar surface area (TPSA) is 93.7 Å². The molecule has 1 aromatic carbocycles. The fraction of sp³-hybridized carbons (Fsp3) is 0.533. The summed E-state index contributed by atoms with van der Waals surface area (Å²) in [7, 11) is 0.215. The van der Waals surface area contributed by atoms with Crippen molar-refractivity contribution in [1.82, 2.24) is 10.6 Å². The van der Waals surface area contributed by atoms with Crippen LogP contribution in [-0.4, -0.2) is 46.7 Å². The Kier molecular flexibility index (Phi) is 5.70. The molecule has 0 bridgehead atoms. The third-order valence-corrected chi connectivity index (χ3v) is 5.64. The summed E-state index contributed by atoms with van der Waals surface area (Å²) in [6, 6.07) is 5.02. The quantitative estimate of drug-likeness (QED) is 0.802. The average molecular weight is 342 g/mol. The van der Waals surface area contributed by atoms with Gasteiger partial charge in [-0.1, -0.05) is 0 Å². The Labute approximate surface area is 136 Å². The van der Waals surface area contributed by atoms with Crippen LogP contribution >= 0.6 is 0 Å². The minimum absolute atomic E-state index is 0.00268. The van der Waals surface area contributed by atoms with Crippen LogP contribution in [0.15, 0.2) is 18.2 Å². The number of rotatable bonds is 6. The monoisotopic (exact) mass is 342 g/mol. The second kappa shape index (κ2) is 7.54. The van der Waals surface area contributed by atoms with E-state index in [-0.39, 0.29) is 30.0 Å². The van der Waals surface area contributed by atoms with Gasteiger partial charge in [-0.2, -0.15) is 0 Å². The summed E-state index contributed by atoms with van der Waals surface area (Å²) < 4.78 is 33.1. The molecule has 8 heteroatoms. The second-order valence-electron chi connectivity index (χ2n) is 5.51. The lowest BCUT2D eigenvalue weighted by Gasteiger charge is -2.13. The first-order valence-corrected chi connectivity index (χ1v) is 9.18. The number of hydrogen-bond acceptors (Lipinski definition) is 5. The first kappa shape index (κ1) is 17.4. The molecule has 0 spiro atoms. The number of hydrogen-bond donors (Lipinski definition) is 2. The molecule has 2 amide bonds. The Morgan fingerprint density at radius 3 is 2.65 bits per heavy atom. The molecule has 128 valence electrons. The molecule has 0 saturated carbocycles. The number of sulfone groups is 1. The lowest BCUT2D eigenvalue weighted by atomic mass is 10.1. The minimum Gasteiger partial charge on any atom is -0.497 e. The molecule has 0 unspecified atom stereocenters. The van der Waals surface area contributed by atoms with Crippen molar-refractivity contribution in [2.24, 2.45) is 5.92 Å². The second-order valence-corrected chi connectivity index (χ2v) is 7.74. The number of benzene rings is 1. The lowest BCUT2D eigenvalue weighted by molar-refractivity contribution is 0.239. The zero-order valence-electron chi connectivity index (χ0n) is 13.3. The van der Waals surface area contributed by atoms with Crippen molar-refractivity contribution in [3.63, 3.8) is 0 Å². The van der Waals surface area contributed by atoms with Gasteiger partial charge in [0.2, 0.25) is 0 Å². The first-order valence-electron chi connectivity index (χ1n) is 7.36. The Balaban J connectivity index is 1.82. The molecule has 7 nitrogen and oxygen atoms in total. The molecular formula is C15H22N2O5S. The van der Waals surface area contributed by atoms with Gasteiger partial charge in [-0.25, -0.2) is 13.2 Å². The van der Waals surface area contributed by atoms with Gasteiger partial charge >= 0.3 is 6.03 Å². The van der Waals surface area contributed by atoms with Crippen LogP contribution in [0.1, 0.15) is 12.0 Å². The molecule has 1 heterocycles. The van der Waals surface area contributed by atoms with Gasteiger partial charge in [-0.05, 0) is 30.5 Å². The van der Waals surface area contributed by atoms with Crippen molar-refractivity contribution in [3.8, 4) is 11.5 Å². The number of ether oxygens (including phenoxy) is 2. The predicted octanol–water partition coefficient (Wildman–Crippen LogP) is 0.938. The van der Waals surface area contributed by atoms with Gasteiger partial charge < -0.3 is 20.1 Å². The van der Waals surface area contributed by atoms with Gasteiger partial charge in [0.05, 0.1) is 25.7 Å². The summed E-state index contributed by atoms with van der Waals surface area (Å²) in [6.45, 7) is 0.648. The van der Waals surface area contributed by atoms with Gasteiger partial charge in [-0.15, -0.1) is 0 Å². The van der Waals surface area contributed by atoms with Crippen molar-refractivity contribution < 1.29 is 22.7 Å². The molecule has 2 rings (SSSR count). The van der Waals surface area contributed by atoms with Crippen LogP contribution in [0.25, 0.3) is 0 Å². The smallest absolute Gasteiger partial charge is 0.315 e. The predicted molar refractivity (Wildman–Crippen MR) is 86.5 cm³/mol. The van der Waals surface area contributed by atoms with Crippen LogP contribution < -0.4 is 20.1 Å². The van der Waals surface area contributed by atoms with Crippen LogP contribution in [0.3, 0.4) is 0 Å². The number of amides is 2. The lowest BCUT2D eigenvalue weighted by Crippen LogP contribution is -2.38. The number of methoxy groups -OCH3 is 2. The summed E-state index contributed by atoms with van der Waals surface area (Å²) >= 11 is 0. The molecule has 1 saturated heterocycles. The normalized spacial score (nSPS) is 19.1. The molecule has 23 heavy (non-hydrogen) atoms. The highest BCUT2D eigenvalue weighted by Crippen LogP contribution is 2.23. The minimum atomic E-state index is -2.92. The largest absolute Gasteiger partial charge is 0.497 e. The van der Waals surface area contributed by atoms with Crippen LogP contribution in [0.5, 0.6) is 11.5 Å². The molecule has 0 aromatic heterocycles. The van der Waals surface area contributed by atoms with E-state index in [2.05, 4.69) is 10.6 Å². The van der Waals surface area contributed by atoms with Gasteiger partial charge in [-0.3, -0.25) is 0 Å². The van der Waals surface area contributed by atoms with E-state index in [0.29, 0.717) is 24.5 Å². The highest BCUT2D eigenvalue weighted by molar-refractivity contribution is 7.91. The van der Waals surface area contributed by atoms with E-state index >= 15 is 0 Å². The van der Waals surface area contributed by atoms with E-state index in [1.165, 1.54) is 0 Å². The standard InChI is InChI=1S/C15H22N2O5S/c1-21-13-3-4-14(22-2)12(7-13)9-17-15(18)16-8-11-5-6-23(19,20)10-11/h3-4,7,11H,5-6,8-10H2,1-2H3,(H2,16,17,18)/t11-/m0/s1. The van der Waals surface area contributed by atoms with E-state index in [1.54, 1.807) is 32.4 Å². The van der Waals surface area contributed by atoms with Crippen molar-refractivity contribution in [1.29, 1.82) is 0 Å². The number of urea groups is 1. The number of nitrogens with one attached hydrogen (secondary N) is 2. The van der Waals surface area contributed by atoms with Gasteiger partial charge in [0, 0.05) is 18.7 Å². The average Bonchev–Trinajstić information content (AvgIpc) is 2.89. The van der Waals surface area contributed by atoms with Crippen LogP contribution in [0, 0.1) is 5.92 Å². The maximum Gasteiger partial charge on any atom is 0.315 e. The highest BCUT2D eigenvalue weighted by atomic mass is 32.2. The van der Waals surface area contributed by atoms with Crippen LogP contribution in [0.2, 0.25) is 0 Å². The molecule has 1 atom stereocenters. The Morgan fingerprint density at radius 1 is 1.26 bits per heavy atom. The van der Waals surface area contributed by atoms with Crippen LogP contribution in [-0.2, 0) is 16.4 Å². The third-order valence-electron chi connectivity index (χ3n) is 3.80. The fourth-order valence-electron chi connectivity index (χ4n) is 2.53. The summed E-state index contributed by atoms with van der Waals surface area (Å²) in [5.74, 6) is 1.70. The van der Waals surface area contributed by atoms with E-state index < -0.39 is 9.84 Å². The number of carbonyl (C=O) groups is 1. The van der Waals surface area contributed by atoms with Crippen molar-refractivity contribution in [2.75, 3.05) is 32.3 Å². The Hall–Kier alpha value is -1.96. The Bertz CT molecular complexity index is 660.